The molecular weight excluding hydrogens is 367 g/mol. The fraction of sp³-hybridized carbons (Fsp3) is 0.500. The van der Waals surface area contributed by atoms with Gasteiger partial charge in [-0.2, -0.15) is 0 Å². The van der Waals surface area contributed by atoms with E-state index in [1.165, 1.54) is 6.07 Å². The zero-order chi connectivity index (χ0) is 21.3. The van der Waals surface area contributed by atoms with E-state index in [0.29, 0.717) is 12.2 Å². The Morgan fingerprint density at radius 2 is 1.57 bits per heavy atom. The van der Waals surface area contributed by atoms with Gasteiger partial charge in [-0.25, -0.2) is 4.39 Å². The molecule has 1 N–H and O–H groups in total. The molecule has 0 amide bonds. The quantitative estimate of drug-likeness (QED) is 0.541. The maximum Gasteiger partial charge on any atom is 0.192 e. The average molecular weight is 403 g/mol. The summed E-state index contributed by atoms with van der Waals surface area (Å²) in [5, 5.41) is 11.2. The molecule has 154 valence electrons. The molecule has 2 aromatic carbocycles. The van der Waals surface area contributed by atoms with E-state index in [0.717, 1.165) is 16.7 Å². The lowest BCUT2D eigenvalue weighted by atomic mass is 9.81. The predicted octanol–water partition coefficient (Wildman–Crippen LogP) is 7.09. The Kier molecular flexibility index (Phi) is 6.59. The lowest BCUT2D eigenvalue weighted by Crippen LogP contribution is -2.40. The van der Waals surface area contributed by atoms with Gasteiger partial charge < -0.3 is 9.53 Å². The summed E-state index contributed by atoms with van der Waals surface area (Å²) in [6.07, 6.45) is -0.713. The van der Waals surface area contributed by atoms with Crippen LogP contribution in [0, 0.1) is 11.2 Å². The predicted molar refractivity (Wildman–Crippen MR) is 118 cm³/mol. The van der Waals surface area contributed by atoms with Crippen molar-refractivity contribution in [2.45, 2.75) is 72.4 Å². The van der Waals surface area contributed by atoms with Gasteiger partial charge in [-0.1, -0.05) is 77.9 Å². The number of aliphatic hydroxyl groups is 1. The number of halogens is 1. The summed E-state index contributed by atoms with van der Waals surface area (Å²) in [6, 6.07) is 12.6. The molecule has 0 unspecified atom stereocenters. The van der Waals surface area contributed by atoms with Gasteiger partial charge >= 0.3 is 0 Å². The van der Waals surface area contributed by atoms with E-state index < -0.39 is 14.4 Å². The molecule has 0 aliphatic carbocycles. The Bertz CT molecular complexity index is 816. The number of aliphatic hydroxyl groups excluding tert-OH is 1. The van der Waals surface area contributed by atoms with Gasteiger partial charge in [-0.05, 0) is 46.3 Å². The number of hydrogen-bond acceptors (Lipinski definition) is 2. The molecule has 1 atom stereocenters. The van der Waals surface area contributed by atoms with Gasteiger partial charge in [0.25, 0.3) is 0 Å². The first-order chi connectivity index (χ1) is 12.7. The van der Waals surface area contributed by atoms with Crippen molar-refractivity contribution in [3.63, 3.8) is 0 Å². The van der Waals surface area contributed by atoms with Crippen LogP contribution in [0.2, 0.25) is 18.1 Å². The van der Waals surface area contributed by atoms with E-state index in [-0.39, 0.29) is 16.3 Å². The molecule has 0 bridgehead atoms. The van der Waals surface area contributed by atoms with Crippen LogP contribution < -0.4 is 0 Å². The highest BCUT2D eigenvalue weighted by atomic mass is 28.4. The maximum atomic E-state index is 14.5. The standard InChI is InChI=1S/C24H35FO2Si/c1-23(2,3)22(26)20-15-17(16-27-28(7,8)24(4,5)6)13-14-18(20)19-11-9-10-12-21(19)25/h9-15,22,26H,16H2,1-8H3/t22-/m0/s1. The summed E-state index contributed by atoms with van der Waals surface area (Å²) >= 11 is 0. The third-order valence-electron chi connectivity index (χ3n) is 5.80. The molecule has 0 spiro atoms. The highest BCUT2D eigenvalue weighted by Crippen LogP contribution is 2.40. The van der Waals surface area contributed by atoms with Gasteiger partial charge in [0.2, 0.25) is 0 Å². The summed E-state index contributed by atoms with van der Waals surface area (Å²) < 4.78 is 20.8. The normalized spacial score (nSPS) is 14.2. The zero-order valence-electron chi connectivity index (χ0n) is 18.6. The van der Waals surface area contributed by atoms with E-state index in [1.54, 1.807) is 12.1 Å². The molecule has 2 aromatic rings. The van der Waals surface area contributed by atoms with Crippen molar-refractivity contribution in [1.82, 2.24) is 0 Å². The van der Waals surface area contributed by atoms with Gasteiger partial charge in [0, 0.05) is 5.56 Å². The Morgan fingerprint density at radius 3 is 2.11 bits per heavy atom. The Hall–Kier alpha value is -1.49. The minimum Gasteiger partial charge on any atom is -0.413 e. The Balaban J connectivity index is 2.46. The fourth-order valence-electron chi connectivity index (χ4n) is 2.80. The SMILES string of the molecule is CC(C)(C)[C@@H](O)c1cc(CO[Si](C)(C)C(C)(C)C)ccc1-c1ccccc1F. The van der Waals surface area contributed by atoms with Gasteiger partial charge in [0.15, 0.2) is 8.32 Å². The van der Waals surface area contributed by atoms with Crippen molar-refractivity contribution in [3.8, 4) is 11.1 Å². The number of benzene rings is 2. The topological polar surface area (TPSA) is 29.5 Å². The highest BCUT2D eigenvalue weighted by Gasteiger charge is 2.37. The van der Waals surface area contributed by atoms with E-state index in [1.807, 2.05) is 45.0 Å². The summed E-state index contributed by atoms with van der Waals surface area (Å²) in [5.74, 6) is -0.282. The van der Waals surface area contributed by atoms with Crippen molar-refractivity contribution < 1.29 is 13.9 Å². The minimum atomic E-state index is -1.88. The van der Waals surface area contributed by atoms with E-state index in [4.69, 9.17) is 4.43 Å². The average Bonchev–Trinajstić information content (AvgIpc) is 2.58. The molecule has 0 radical (unpaired) electrons. The molecule has 28 heavy (non-hydrogen) atoms. The largest absolute Gasteiger partial charge is 0.413 e. The number of hydrogen-bond donors (Lipinski definition) is 1. The lowest BCUT2D eigenvalue weighted by molar-refractivity contribution is 0.0630. The van der Waals surface area contributed by atoms with Crippen molar-refractivity contribution in [3.05, 3.63) is 59.4 Å². The van der Waals surface area contributed by atoms with Gasteiger partial charge in [-0.3, -0.25) is 0 Å². The van der Waals surface area contributed by atoms with Crippen LogP contribution in [0.4, 0.5) is 4.39 Å². The minimum absolute atomic E-state index is 0.133. The summed E-state index contributed by atoms with van der Waals surface area (Å²) in [5.41, 5.74) is 2.63. The van der Waals surface area contributed by atoms with Crippen molar-refractivity contribution in [2.24, 2.45) is 5.41 Å². The molecule has 2 rings (SSSR count). The molecule has 2 nitrogen and oxygen atoms in total. The smallest absolute Gasteiger partial charge is 0.192 e. The molecule has 0 saturated carbocycles. The molecule has 0 aromatic heterocycles. The first-order valence-corrected chi connectivity index (χ1v) is 12.8. The molecule has 0 saturated heterocycles. The van der Waals surface area contributed by atoms with Crippen molar-refractivity contribution in [1.29, 1.82) is 0 Å². The van der Waals surface area contributed by atoms with Crippen LogP contribution in [-0.2, 0) is 11.0 Å². The van der Waals surface area contributed by atoms with Crippen LogP contribution in [-0.4, -0.2) is 13.4 Å². The summed E-state index contributed by atoms with van der Waals surface area (Å²) in [6.45, 7) is 17.6. The second kappa shape index (κ2) is 8.09. The second-order valence-corrected chi connectivity index (χ2v) is 15.0. The lowest BCUT2D eigenvalue weighted by Gasteiger charge is -2.36. The first-order valence-electron chi connectivity index (χ1n) is 9.94. The molecule has 0 fully saturated rings. The van der Waals surface area contributed by atoms with Crippen molar-refractivity contribution in [2.75, 3.05) is 0 Å². The molecule has 0 heterocycles. The van der Waals surface area contributed by atoms with E-state index >= 15 is 0 Å². The van der Waals surface area contributed by atoms with Crippen molar-refractivity contribution >= 4 is 8.32 Å². The highest BCUT2D eigenvalue weighted by molar-refractivity contribution is 6.74. The van der Waals surface area contributed by atoms with Crippen LogP contribution in [0.25, 0.3) is 11.1 Å². The Labute approximate surface area is 170 Å². The van der Waals surface area contributed by atoms with Gasteiger partial charge in [0.1, 0.15) is 5.82 Å². The zero-order valence-corrected chi connectivity index (χ0v) is 19.6. The fourth-order valence-corrected chi connectivity index (χ4v) is 3.76. The first kappa shape index (κ1) is 22.8. The molecule has 0 aliphatic heterocycles. The summed E-state index contributed by atoms with van der Waals surface area (Å²) in [7, 11) is -1.88. The van der Waals surface area contributed by atoms with E-state index in [2.05, 4.69) is 33.9 Å². The van der Waals surface area contributed by atoms with Crippen LogP contribution in [0.15, 0.2) is 42.5 Å². The van der Waals surface area contributed by atoms with Gasteiger partial charge in [-0.15, -0.1) is 0 Å². The monoisotopic (exact) mass is 402 g/mol. The van der Waals surface area contributed by atoms with Crippen LogP contribution in [0.5, 0.6) is 0 Å². The molecule has 4 heteroatoms. The van der Waals surface area contributed by atoms with E-state index in [9.17, 15) is 9.50 Å². The van der Waals surface area contributed by atoms with Crippen LogP contribution in [0.1, 0.15) is 58.8 Å². The van der Waals surface area contributed by atoms with Crippen LogP contribution in [0.3, 0.4) is 0 Å². The third-order valence-corrected chi connectivity index (χ3v) is 10.3. The second-order valence-electron chi connectivity index (χ2n) is 10.2. The Morgan fingerprint density at radius 1 is 0.964 bits per heavy atom. The molecule has 0 aliphatic rings. The maximum absolute atomic E-state index is 14.5. The third kappa shape index (κ3) is 5.10. The number of rotatable bonds is 5. The van der Waals surface area contributed by atoms with Gasteiger partial charge in [0.05, 0.1) is 12.7 Å². The molecular formula is C24H35FO2Si. The summed E-state index contributed by atoms with van der Waals surface area (Å²) in [4.78, 5) is 0. The van der Waals surface area contributed by atoms with Crippen LogP contribution >= 0.6 is 0 Å².